The Kier molecular flexibility index (Phi) is 3.73. The highest BCUT2D eigenvalue weighted by Gasteiger charge is 2.10. The third-order valence-electron chi connectivity index (χ3n) is 3.84. The number of pyridine rings is 1. The summed E-state index contributed by atoms with van der Waals surface area (Å²) in [6.45, 7) is 6.48. The Balaban J connectivity index is 2.15. The Labute approximate surface area is 130 Å². The minimum atomic E-state index is 0.479. The minimum absolute atomic E-state index is 0.479. The molecule has 0 radical (unpaired) electrons. The fourth-order valence-electron chi connectivity index (χ4n) is 2.55. The van der Waals surface area contributed by atoms with Gasteiger partial charge in [0, 0.05) is 39.1 Å². The zero-order chi connectivity index (χ0) is 15.0. The average molecular weight is 299 g/mol. The van der Waals surface area contributed by atoms with Crippen molar-refractivity contribution in [3.8, 4) is 11.1 Å². The Morgan fingerprint density at radius 2 is 2.00 bits per heavy atom. The van der Waals surface area contributed by atoms with Gasteiger partial charge in [0.25, 0.3) is 0 Å². The molecule has 0 unspecified atom stereocenters. The fraction of sp³-hybridized carbons (Fsp3) is 0.278. The van der Waals surface area contributed by atoms with E-state index in [1.165, 1.54) is 5.69 Å². The minimum Gasteiger partial charge on any atom is -0.358 e. The number of aromatic amines is 1. The summed E-state index contributed by atoms with van der Waals surface area (Å²) in [6.07, 6.45) is 2.77. The number of aryl methyl sites for hydroxylation is 1. The van der Waals surface area contributed by atoms with Gasteiger partial charge in [-0.15, -0.1) is 0 Å². The number of hydrogen-bond donors (Lipinski definition) is 1. The molecule has 108 valence electrons. The van der Waals surface area contributed by atoms with Crippen LogP contribution in [0, 0.1) is 0 Å². The molecule has 0 atom stereocenters. The number of halogens is 1. The molecule has 3 rings (SSSR count). The van der Waals surface area contributed by atoms with Crippen molar-refractivity contribution in [2.45, 2.75) is 33.1 Å². The summed E-state index contributed by atoms with van der Waals surface area (Å²) in [5.41, 5.74) is 5.63. The lowest BCUT2D eigenvalue weighted by Gasteiger charge is -2.06. The van der Waals surface area contributed by atoms with E-state index in [4.69, 9.17) is 11.6 Å². The highest BCUT2D eigenvalue weighted by Crippen LogP contribution is 2.33. The van der Waals surface area contributed by atoms with Crippen LogP contribution in [-0.4, -0.2) is 9.97 Å². The van der Waals surface area contributed by atoms with E-state index in [1.807, 2.05) is 18.3 Å². The average Bonchev–Trinajstić information content (AvgIpc) is 2.89. The summed E-state index contributed by atoms with van der Waals surface area (Å²) >= 11 is 6.49. The van der Waals surface area contributed by atoms with Crippen LogP contribution in [0.25, 0.3) is 22.0 Å². The van der Waals surface area contributed by atoms with Crippen molar-refractivity contribution in [3.63, 3.8) is 0 Å². The first-order chi connectivity index (χ1) is 10.1. The molecule has 0 amide bonds. The second kappa shape index (κ2) is 5.53. The summed E-state index contributed by atoms with van der Waals surface area (Å²) in [7, 11) is 0. The van der Waals surface area contributed by atoms with Gasteiger partial charge in [0.1, 0.15) is 0 Å². The lowest BCUT2D eigenvalue weighted by atomic mass is 10.0. The van der Waals surface area contributed by atoms with Crippen molar-refractivity contribution in [2.75, 3.05) is 0 Å². The molecule has 0 bridgehead atoms. The number of fused-ring (bicyclic) bond motifs is 1. The normalized spacial score (nSPS) is 11.5. The maximum absolute atomic E-state index is 6.49. The van der Waals surface area contributed by atoms with Crippen molar-refractivity contribution in [1.29, 1.82) is 0 Å². The molecule has 3 aromatic rings. The molecule has 1 N–H and O–H groups in total. The van der Waals surface area contributed by atoms with E-state index in [2.05, 4.69) is 48.9 Å². The van der Waals surface area contributed by atoms with Crippen LogP contribution in [0.4, 0.5) is 0 Å². The zero-order valence-corrected chi connectivity index (χ0v) is 13.3. The second-order valence-corrected chi connectivity index (χ2v) is 6.10. The Morgan fingerprint density at radius 1 is 1.19 bits per heavy atom. The molecule has 0 fully saturated rings. The Bertz CT molecular complexity index is 787. The van der Waals surface area contributed by atoms with Crippen LogP contribution < -0.4 is 0 Å². The van der Waals surface area contributed by atoms with Gasteiger partial charge in [-0.1, -0.05) is 32.4 Å². The molecule has 0 saturated heterocycles. The molecular formula is C18H19ClN2. The van der Waals surface area contributed by atoms with E-state index in [1.54, 1.807) is 0 Å². The van der Waals surface area contributed by atoms with Crippen molar-refractivity contribution in [2.24, 2.45) is 0 Å². The number of aromatic nitrogens is 2. The van der Waals surface area contributed by atoms with E-state index >= 15 is 0 Å². The molecule has 0 aliphatic carbocycles. The molecule has 2 heterocycles. The van der Waals surface area contributed by atoms with Crippen LogP contribution in [0.15, 0.2) is 36.5 Å². The molecule has 0 aliphatic heterocycles. The molecule has 0 saturated carbocycles. The number of H-pyrrole nitrogens is 1. The first kappa shape index (κ1) is 14.2. The first-order valence-corrected chi connectivity index (χ1v) is 7.73. The second-order valence-electron chi connectivity index (χ2n) is 5.69. The quantitative estimate of drug-likeness (QED) is 0.673. The topological polar surface area (TPSA) is 28.7 Å². The lowest BCUT2D eigenvalue weighted by Crippen LogP contribution is -1.88. The van der Waals surface area contributed by atoms with Crippen molar-refractivity contribution >= 4 is 22.5 Å². The van der Waals surface area contributed by atoms with Crippen molar-refractivity contribution in [3.05, 3.63) is 52.9 Å². The van der Waals surface area contributed by atoms with Gasteiger partial charge in [0.2, 0.25) is 0 Å². The van der Waals surface area contributed by atoms with Gasteiger partial charge >= 0.3 is 0 Å². The van der Waals surface area contributed by atoms with Crippen LogP contribution in [0.2, 0.25) is 5.02 Å². The summed E-state index contributed by atoms with van der Waals surface area (Å²) in [6, 6.07) is 10.5. The molecule has 0 aliphatic rings. The smallest absolute Gasteiger partial charge is 0.0491 e. The van der Waals surface area contributed by atoms with Crippen LogP contribution in [-0.2, 0) is 6.42 Å². The highest BCUT2D eigenvalue weighted by molar-refractivity contribution is 6.34. The van der Waals surface area contributed by atoms with E-state index in [0.29, 0.717) is 5.92 Å². The number of hydrogen-bond acceptors (Lipinski definition) is 1. The van der Waals surface area contributed by atoms with Gasteiger partial charge in [0.15, 0.2) is 0 Å². The van der Waals surface area contributed by atoms with E-state index in [0.717, 1.165) is 39.2 Å². The van der Waals surface area contributed by atoms with Gasteiger partial charge in [-0.25, -0.2) is 0 Å². The monoisotopic (exact) mass is 298 g/mol. The zero-order valence-electron chi connectivity index (χ0n) is 12.6. The van der Waals surface area contributed by atoms with Gasteiger partial charge in [-0.3, -0.25) is 4.98 Å². The maximum Gasteiger partial charge on any atom is 0.0491 e. The number of nitrogens with one attached hydrogen (secondary N) is 1. The predicted octanol–water partition coefficient (Wildman–Crippen LogP) is 5.57. The van der Waals surface area contributed by atoms with Gasteiger partial charge in [0.05, 0.1) is 0 Å². The third kappa shape index (κ3) is 2.68. The van der Waals surface area contributed by atoms with Gasteiger partial charge in [-0.05, 0) is 48.2 Å². The summed E-state index contributed by atoms with van der Waals surface area (Å²) in [5, 5.41) is 1.95. The van der Waals surface area contributed by atoms with Crippen LogP contribution in [0.3, 0.4) is 0 Å². The first-order valence-electron chi connectivity index (χ1n) is 7.36. The molecule has 3 heteroatoms. The maximum atomic E-state index is 6.49. The highest BCUT2D eigenvalue weighted by atomic mass is 35.5. The largest absolute Gasteiger partial charge is 0.358 e. The van der Waals surface area contributed by atoms with Crippen LogP contribution >= 0.6 is 11.6 Å². The summed E-state index contributed by atoms with van der Waals surface area (Å²) < 4.78 is 0. The SMILES string of the molecule is CCc1cc(-c2cc3[nH]c(C(C)C)cc3cc2Cl)ccn1. The molecule has 21 heavy (non-hydrogen) atoms. The third-order valence-corrected chi connectivity index (χ3v) is 4.15. The summed E-state index contributed by atoms with van der Waals surface area (Å²) in [5.74, 6) is 0.479. The van der Waals surface area contributed by atoms with Gasteiger partial charge < -0.3 is 4.98 Å². The van der Waals surface area contributed by atoms with Crippen LogP contribution in [0.1, 0.15) is 38.1 Å². The number of rotatable bonds is 3. The van der Waals surface area contributed by atoms with Crippen LogP contribution in [0.5, 0.6) is 0 Å². The summed E-state index contributed by atoms with van der Waals surface area (Å²) in [4.78, 5) is 7.84. The predicted molar refractivity (Wildman–Crippen MR) is 90.0 cm³/mol. The molecule has 1 aromatic carbocycles. The van der Waals surface area contributed by atoms with Crippen molar-refractivity contribution < 1.29 is 0 Å². The molecule has 2 nitrogen and oxygen atoms in total. The Morgan fingerprint density at radius 3 is 2.71 bits per heavy atom. The van der Waals surface area contributed by atoms with Crippen molar-refractivity contribution in [1.82, 2.24) is 9.97 Å². The molecule has 0 spiro atoms. The van der Waals surface area contributed by atoms with Gasteiger partial charge in [-0.2, -0.15) is 0 Å². The Hall–Kier alpha value is -1.80. The van der Waals surface area contributed by atoms with E-state index in [9.17, 15) is 0 Å². The molecule has 2 aromatic heterocycles. The standard InChI is InChI=1S/C18H19ClN2/c1-4-14-7-12(5-6-20-14)15-10-18-13(8-16(15)19)9-17(21-18)11(2)3/h5-11,21H,4H2,1-3H3. The lowest BCUT2D eigenvalue weighted by molar-refractivity contribution is 0.836. The van der Waals surface area contributed by atoms with E-state index in [-0.39, 0.29) is 0 Å². The van der Waals surface area contributed by atoms with E-state index < -0.39 is 0 Å². The molecular weight excluding hydrogens is 280 g/mol. The number of benzene rings is 1. The number of nitrogens with zero attached hydrogens (tertiary/aromatic N) is 1. The fourth-order valence-corrected chi connectivity index (χ4v) is 2.83.